The number of rotatable bonds is 5. The summed E-state index contributed by atoms with van der Waals surface area (Å²) in [6.07, 6.45) is 1.77. The average Bonchev–Trinajstić information content (AvgIpc) is 3.44. The number of aromatic carboxylic acids is 1. The van der Waals surface area contributed by atoms with E-state index in [0.717, 1.165) is 33.8 Å². The van der Waals surface area contributed by atoms with Crippen molar-refractivity contribution in [3.63, 3.8) is 0 Å². The SMILES string of the molecule is Cc1cccc(N2C(=S)N[C@@H](c3ccccn3)[C@H]2c2ccc(-c3ccc(C(=O)O)cc3C)o2)c1. The molecule has 0 bridgehead atoms. The first-order valence-electron chi connectivity index (χ1n) is 10.9. The van der Waals surface area contributed by atoms with Gasteiger partial charge in [0.15, 0.2) is 5.11 Å². The van der Waals surface area contributed by atoms with Crippen LogP contribution in [0.3, 0.4) is 0 Å². The van der Waals surface area contributed by atoms with Crippen LogP contribution in [-0.4, -0.2) is 21.2 Å². The zero-order valence-corrected chi connectivity index (χ0v) is 19.5. The fourth-order valence-electron chi connectivity index (χ4n) is 4.43. The highest BCUT2D eigenvalue weighted by atomic mass is 32.1. The van der Waals surface area contributed by atoms with Gasteiger partial charge in [-0.15, -0.1) is 0 Å². The standard InChI is InChI=1S/C27H23N3O3S/c1-16-6-5-7-19(14-16)30-25(24(29-27(30)34)21-8-3-4-13-28-21)23-12-11-22(33-23)20-10-9-18(26(31)32)15-17(20)2/h3-15,24-25H,1-2H3,(H,29,34)(H,31,32)/t24-,25+/m0/s1. The van der Waals surface area contributed by atoms with Gasteiger partial charge in [0.25, 0.3) is 0 Å². The van der Waals surface area contributed by atoms with E-state index in [2.05, 4.69) is 34.3 Å². The molecule has 1 fully saturated rings. The summed E-state index contributed by atoms with van der Waals surface area (Å²) in [5.74, 6) is 0.458. The molecule has 4 aromatic rings. The van der Waals surface area contributed by atoms with E-state index in [9.17, 15) is 9.90 Å². The van der Waals surface area contributed by atoms with Crippen molar-refractivity contribution in [2.75, 3.05) is 4.90 Å². The molecule has 0 aliphatic carbocycles. The van der Waals surface area contributed by atoms with Gasteiger partial charge in [-0.05, 0) is 85.7 Å². The molecule has 170 valence electrons. The summed E-state index contributed by atoms with van der Waals surface area (Å²) in [6.45, 7) is 3.93. The third kappa shape index (κ3) is 3.95. The van der Waals surface area contributed by atoms with Crippen molar-refractivity contribution in [1.82, 2.24) is 10.3 Å². The minimum atomic E-state index is -0.952. The number of carboxylic acid groups (broad SMARTS) is 1. The fraction of sp³-hybridized carbons (Fsp3) is 0.148. The van der Waals surface area contributed by atoms with Gasteiger partial charge < -0.3 is 19.7 Å². The Balaban J connectivity index is 1.59. The monoisotopic (exact) mass is 469 g/mol. The molecule has 5 rings (SSSR count). The molecule has 0 spiro atoms. The largest absolute Gasteiger partial charge is 0.478 e. The van der Waals surface area contributed by atoms with Crippen LogP contribution in [0.15, 0.2) is 83.4 Å². The number of nitrogens with zero attached hydrogens (tertiary/aromatic N) is 2. The number of anilines is 1. The number of carboxylic acids is 1. The molecule has 2 N–H and O–H groups in total. The third-order valence-corrected chi connectivity index (χ3v) is 6.35. The normalized spacial score (nSPS) is 17.6. The molecule has 0 saturated carbocycles. The number of hydrogen-bond donors (Lipinski definition) is 2. The lowest BCUT2D eigenvalue weighted by atomic mass is 10.0. The third-order valence-electron chi connectivity index (χ3n) is 6.04. The van der Waals surface area contributed by atoms with Crippen molar-refractivity contribution in [3.8, 4) is 11.3 Å². The summed E-state index contributed by atoms with van der Waals surface area (Å²) < 4.78 is 6.40. The van der Waals surface area contributed by atoms with Crippen LogP contribution in [0.4, 0.5) is 5.69 Å². The number of benzene rings is 2. The van der Waals surface area contributed by atoms with Crippen molar-refractivity contribution in [2.45, 2.75) is 25.9 Å². The van der Waals surface area contributed by atoms with E-state index in [1.165, 1.54) is 0 Å². The van der Waals surface area contributed by atoms with E-state index in [1.54, 1.807) is 24.4 Å². The molecule has 3 heterocycles. The summed E-state index contributed by atoms with van der Waals surface area (Å²) in [6, 6.07) is 22.5. The van der Waals surface area contributed by atoms with Crippen LogP contribution < -0.4 is 10.2 Å². The maximum absolute atomic E-state index is 11.3. The molecule has 1 saturated heterocycles. The summed E-state index contributed by atoms with van der Waals surface area (Å²) in [4.78, 5) is 18.0. The number of pyridine rings is 1. The van der Waals surface area contributed by atoms with Gasteiger partial charge >= 0.3 is 5.97 Å². The first-order valence-corrected chi connectivity index (χ1v) is 11.3. The minimum absolute atomic E-state index is 0.205. The molecule has 1 aliphatic rings. The van der Waals surface area contributed by atoms with Gasteiger partial charge in [-0.25, -0.2) is 4.79 Å². The van der Waals surface area contributed by atoms with Crippen LogP contribution in [0, 0.1) is 13.8 Å². The minimum Gasteiger partial charge on any atom is -0.478 e. The number of aromatic nitrogens is 1. The van der Waals surface area contributed by atoms with Gasteiger partial charge in [0.05, 0.1) is 17.3 Å². The van der Waals surface area contributed by atoms with Crippen molar-refractivity contribution >= 4 is 29.0 Å². The van der Waals surface area contributed by atoms with Gasteiger partial charge in [-0.1, -0.05) is 24.3 Å². The Kier molecular flexibility index (Phi) is 5.63. The predicted octanol–water partition coefficient (Wildman–Crippen LogP) is 5.83. The Morgan fingerprint density at radius 2 is 1.91 bits per heavy atom. The van der Waals surface area contributed by atoms with Crippen LogP contribution in [0.1, 0.15) is 45.0 Å². The van der Waals surface area contributed by atoms with Crippen molar-refractivity contribution < 1.29 is 14.3 Å². The van der Waals surface area contributed by atoms with Crippen LogP contribution in [0.2, 0.25) is 0 Å². The summed E-state index contributed by atoms with van der Waals surface area (Å²) in [5.41, 5.74) is 4.90. The predicted molar refractivity (Wildman–Crippen MR) is 135 cm³/mol. The fourth-order valence-corrected chi connectivity index (χ4v) is 4.78. The smallest absolute Gasteiger partial charge is 0.335 e. The van der Waals surface area contributed by atoms with Gasteiger partial charge in [0.1, 0.15) is 17.6 Å². The maximum Gasteiger partial charge on any atom is 0.335 e. The van der Waals surface area contributed by atoms with Crippen LogP contribution in [-0.2, 0) is 0 Å². The molecule has 7 heteroatoms. The van der Waals surface area contributed by atoms with Gasteiger partial charge in [0.2, 0.25) is 0 Å². The Morgan fingerprint density at radius 3 is 2.62 bits per heavy atom. The lowest BCUT2D eigenvalue weighted by Crippen LogP contribution is -2.29. The summed E-state index contributed by atoms with van der Waals surface area (Å²) in [7, 11) is 0. The zero-order valence-electron chi connectivity index (χ0n) is 18.7. The molecular weight excluding hydrogens is 446 g/mol. The maximum atomic E-state index is 11.3. The highest BCUT2D eigenvalue weighted by Gasteiger charge is 2.42. The topological polar surface area (TPSA) is 78.6 Å². The first kappa shape index (κ1) is 21.9. The second-order valence-corrected chi connectivity index (χ2v) is 8.76. The highest BCUT2D eigenvalue weighted by molar-refractivity contribution is 7.80. The average molecular weight is 470 g/mol. The molecule has 6 nitrogen and oxygen atoms in total. The number of aryl methyl sites for hydroxylation is 2. The molecule has 2 atom stereocenters. The molecule has 0 unspecified atom stereocenters. The Morgan fingerprint density at radius 1 is 1.06 bits per heavy atom. The molecule has 0 amide bonds. The van der Waals surface area contributed by atoms with Crippen LogP contribution in [0.5, 0.6) is 0 Å². The van der Waals surface area contributed by atoms with Crippen LogP contribution >= 0.6 is 12.2 Å². The van der Waals surface area contributed by atoms with Crippen LogP contribution in [0.25, 0.3) is 11.3 Å². The van der Waals surface area contributed by atoms with Crippen molar-refractivity contribution in [3.05, 3.63) is 107 Å². The summed E-state index contributed by atoms with van der Waals surface area (Å²) in [5, 5.41) is 13.3. The van der Waals surface area contributed by atoms with E-state index in [0.29, 0.717) is 10.9 Å². The lowest BCUT2D eigenvalue weighted by molar-refractivity contribution is 0.0697. The van der Waals surface area contributed by atoms with Crippen molar-refractivity contribution in [1.29, 1.82) is 0 Å². The Hall–Kier alpha value is -3.97. The molecular formula is C27H23N3O3S. The van der Waals surface area contributed by atoms with E-state index in [4.69, 9.17) is 16.6 Å². The number of thiocarbonyl (C=S) groups is 1. The van der Waals surface area contributed by atoms with Gasteiger partial charge in [0, 0.05) is 17.4 Å². The second-order valence-electron chi connectivity index (χ2n) is 8.37. The van der Waals surface area contributed by atoms with Gasteiger partial charge in [-0.3, -0.25) is 4.98 Å². The van der Waals surface area contributed by atoms with E-state index in [1.807, 2.05) is 49.4 Å². The second kappa shape index (κ2) is 8.76. The van der Waals surface area contributed by atoms with E-state index in [-0.39, 0.29) is 17.6 Å². The molecule has 34 heavy (non-hydrogen) atoms. The first-order chi connectivity index (χ1) is 16.4. The molecule has 0 radical (unpaired) electrons. The molecule has 1 aliphatic heterocycles. The van der Waals surface area contributed by atoms with Crippen molar-refractivity contribution in [2.24, 2.45) is 0 Å². The van der Waals surface area contributed by atoms with Gasteiger partial charge in [-0.2, -0.15) is 0 Å². The quantitative estimate of drug-likeness (QED) is 0.356. The lowest BCUT2D eigenvalue weighted by Gasteiger charge is -2.26. The molecule has 2 aromatic heterocycles. The van der Waals surface area contributed by atoms with E-state index >= 15 is 0 Å². The Bertz CT molecular complexity index is 1380. The number of carbonyl (C=O) groups is 1. The number of nitrogens with one attached hydrogen (secondary N) is 1. The summed E-state index contributed by atoms with van der Waals surface area (Å²) >= 11 is 5.77. The highest BCUT2D eigenvalue weighted by Crippen LogP contribution is 2.43. The zero-order chi connectivity index (χ0) is 23.8. The number of furan rings is 1. The molecule has 2 aromatic carbocycles. The Labute approximate surface area is 202 Å². The number of hydrogen-bond acceptors (Lipinski definition) is 4. The van der Waals surface area contributed by atoms with E-state index < -0.39 is 5.97 Å².